The smallest absolute Gasteiger partial charge is 0.236 e. The molecule has 11 heteroatoms. The summed E-state index contributed by atoms with van der Waals surface area (Å²) in [7, 11) is 1.86. The average Bonchev–Trinajstić information content (AvgIpc) is 3.42. The highest BCUT2D eigenvalue weighted by atomic mass is 32.2. The molecular formula is C19H17N5O4S2. The summed E-state index contributed by atoms with van der Waals surface area (Å²) < 4.78 is 19.3. The van der Waals surface area contributed by atoms with Crippen LogP contribution in [0.5, 0.6) is 11.5 Å². The van der Waals surface area contributed by atoms with Gasteiger partial charge in [0.15, 0.2) is 27.6 Å². The van der Waals surface area contributed by atoms with Crippen LogP contribution in [0.3, 0.4) is 0 Å². The average molecular weight is 444 g/mol. The standard InChI is InChI=1S/C19H17N5O4S2/c1-10-11(3-4-26-10)17-22-23-19(24(17)2)29-9-16(25)21-18-20-12-7-13-14(8-15(12)30-18)28-6-5-27-13/h3-4,7-8H,5-6,9H2,1-2H3,(H,20,21,25). The topological polar surface area (TPSA) is 104 Å². The number of ether oxygens (including phenoxy) is 2. The molecule has 0 spiro atoms. The fourth-order valence-electron chi connectivity index (χ4n) is 3.10. The van der Waals surface area contributed by atoms with Crippen LogP contribution in [0.4, 0.5) is 5.13 Å². The molecule has 1 N–H and O–H groups in total. The number of fused-ring (bicyclic) bond motifs is 2. The van der Waals surface area contributed by atoms with Crippen molar-refractivity contribution in [3.8, 4) is 22.9 Å². The molecule has 4 aromatic rings. The number of thioether (sulfide) groups is 1. The van der Waals surface area contributed by atoms with Crippen LogP contribution in [0.25, 0.3) is 21.6 Å². The Hall–Kier alpha value is -3.05. The summed E-state index contributed by atoms with van der Waals surface area (Å²) in [5.41, 5.74) is 1.65. The molecule has 30 heavy (non-hydrogen) atoms. The molecule has 0 radical (unpaired) electrons. The maximum atomic E-state index is 12.4. The van der Waals surface area contributed by atoms with Crippen molar-refractivity contribution in [1.29, 1.82) is 0 Å². The molecule has 0 aliphatic carbocycles. The van der Waals surface area contributed by atoms with Crippen molar-refractivity contribution >= 4 is 44.4 Å². The van der Waals surface area contributed by atoms with Gasteiger partial charge in [0, 0.05) is 19.2 Å². The van der Waals surface area contributed by atoms with Crippen molar-refractivity contribution in [2.24, 2.45) is 7.05 Å². The maximum absolute atomic E-state index is 12.4. The Morgan fingerprint density at radius 2 is 2.07 bits per heavy atom. The van der Waals surface area contributed by atoms with E-state index in [1.165, 1.54) is 23.1 Å². The first-order valence-corrected chi connectivity index (χ1v) is 11.0. The molecule has 3 aromatic heterocycles. The van der Waals surface area contributed by atoms with Crippen LogP contribution in [0.1, 0.15) is 5.76 Å². The number of carbonyl (C=O) groups is 1. The van der Waals surface area contributed by atoms with E-state index in [0.29, 0.717) is 40.8 Å². The molecule has 154 valence electrons. The van der Waals surface area contributed by atoms with Crippen molar-refractivity contribution in [3.05, 3.63) is 30.2 Å². The minimum absolute atomic E-state index is 0.166. The second-order valence-electron chi connectivity index (χ2n) is 6.58. The van der Waals surface area contributed by atoms with Crippen molar-refractivity contribution in [2.45, 2.75) is 12.1 Å². The number of carbonyl (C=O) groups excluding carboxylic acids is 1. The predicted molar refractivity (Wildman–Crippen MR) is 113 cm³/mol. The van der Waals surface area contributed by atoms with Crippen LogP contribution < -0.4 is 14.8 Å². The monoisotopic (exact) mass is 443 g/mol. The minimum atomic E-state index is -0.166. The molecule has 0 saturated heterocycles. The van der Waals surface area contributed by atoms with Gasteiger partial charge in [-0.15, -0.1) is 10.2 Å². The number of aryl methyl sites for hydroxylation is 1. The Balaban J connectivity index is 1.26. The normalized spacial score (nSPS) is 13.0. The van der Waals surface area contributed by atoms with Crippen LogP contribution in [-0.4, -0.2) is 44.6 Å². The molecule has 0 saturated carbocycles. The largest absolute Gasteiger partial charge is 0.486 e. The van der Waals surface area contributed by atoms with E-state index in [4.69, 9.17) is 13.9 Å². The molecule has 1 amide bonds. The van der Waals surface area contributed by atoms with Gasteiger partial charge >= 0.3 is 0 Å². The van der Waals surface area contributed by atoms with Crippen LogP contribution >= 0.6 is 23.1 Å². The quantitative estimate of drug-likeness (QED) is 0.468. The third kappa shape index (κ3) is 3.50. The minimum Gasteiger partial charge on any atom is -0.486 e. The highest BCUT2D eigenvalue weighted by Gasteiger charge is 2.18. The lowest BCUT2D eigenvalue weighted by molar-refractivity contribution is -0.113. The molecule has 5 rings (SSSR count). The zero-order valence-corrected chi connectivity index (χ0v) is 17.8. The number of amides is 1. The summed E-state index contributed by atoms with van der Waals surface area (Å²) in [5.74, 6) is 2.88. The Morgan fingerprint density at radius 1 is 1.27 bits per heavy atom. The molecule has 0 bridgehead atoms. The number of nitrogens with zero attached hydrogens (tertiary/aromatic N) is 4. The Labute approximate surface area is 179 Å². The van der Waals surface area contributed by atoms with Crippen LogP contribution in [-0.2, 0) is 11.8 Å². The first kappa shape index (κ1) is 18.9. The van der Waals surface area contributed by atoms with Crippen molar-refractivity contribution in [3.63, 3.8) is 0 Å². The van der Waals surface area contributed by atoms with E-state index in [1.54, 1.807) is 6.26 Å². The molecule has 0 fully saturated rings. The predicted octanol–water partition coefficient (Wildman–Crippen LogP) is 3.50. The van der Waals surface area contributed by atoms with Gasteiger partial charge in [-0.1, -0.05) is 23.1 Å². The zero-order valence-electron chi connectivity index (χ0n) is 16.2. The van der Waals surface area contributed by atoms with Crippen molar-refractivity contribution in [2.75, 3.05) is 24.3 Å². The Bertz CT molecular complexity index is 1200. The van der Waals surface area contributed by atoms with Gasteiger partial charge in [-0.3, -0.25) is 4.79 Å². The van der Waals surface area contributed by atoms with Crippen LogP contribution in [0.2, 0.25) is 0 Å². The van der Waals surface area contributed by atoms with E-state index in [0.717, 1.165) is 21.5 Å². The lowest BCUT2D eigenvalue weighted by Gasteiger charge is -2.17. The number of benzene rings is 1. The maximum Gasteiger partial charge on any atom is 0.236 e. The van der Waals surface area contributed by atoms with Crippen LogP contribution in [0, 0.1) is 6.92 Å². The highest BCUT2D eigenvalue weighted by Crippen LogP contribution is 2.38. The Kier molecular flexibility index (Phi) is 4.83. The van der Waals surface area contributed by atoms with Gasteiger partial charge < -0.3 is 23.8 Å². The first-order chi connectivity index (χ1) is 14.6. The highest BCUT2D eigenvalue weighted by molar-refractivity contribution is 7.99. The number of furan rings is 1. The van der Waals surface area contributed by atoms with E-state index in [2.05, 4.69) is 20.5 Å². The van der Waals surface area contributed by atoms with Gasteiger partial charge in [0.05, 0.1) is 27.8 Å². The number of rotatable bonds is 5. The summed E-state index contributed by atoms with van der Waals surface area (Å²) >= 11 is 2.70. The molecule has 4 heterocycles. The lowest BCUT2D eigenvalue weighted by atomic mass is 10.2. The number of hydrogen-bond acceptors (Lipinski definition) is 9. The molecular weight excluding hydrogens is 426 g/mol. The van der Waals surface area contributed by atoms with Gasteiger partial charge in [-0.2, -0.15) is 0 Å². The molecule has 9 nitrogen and oxygen atoms in total. The van der Waals surface area contributed by atoms with E-state index in [1.807, 2.05) is 36.7 Å². The van der Waals surface area contributed by atoms with Crippen LogP contribution in [0.15, 0.2) is 34.0 Å². The third-order valence-corrected chi connectivity index (χ3v) is 6.52. The van der Waals surface area contributed by atoms with E-state index in [9.17, 15) is 4.79 Å². The lowest BCUT2D eigenvalue weighted by Crippen LogP contribution is -2.15. The number of anilines is 1. The molecule has 1 aliphatic heterocycles. The van der Waals surface area contributed by atoms with Gasteiger partial charge in [0.2, 0.25) is 5.91 Å². The molecule has 1 aromatic carbocycles. The Morgan fingerprint density at radius 3 is 2.83 bits per heavy atom. The van der Waals surface area contributed by atoms with Crippen molar-refractivity contribution < 1.29 is 18.7 Å². The fourth-order valence-corrected chi connectivity index (χ4v) is 4.70. The van der Waals surface area contributed by atoms with Gasteiger partial charge in [-0.05, 0) is 13.0 Å². The second-order valence-corrected chi connectivity index (χ2v) is 8.55. The van der Waals surface area contributed by atoms with Gasteiger partial charge in [0.1, 0.15) is 19.0 Å². The summed E-state index contributed by atoms with van der Waals surface area (Å²) in [6, 6.07) is 5.58. The molecule has 0 atom stereocenters. The van der Waals surface area contributed by atoms with E-state index < -0.39 is 0 Å². The SMILES string of the molecule is Cc1occc1-c1nnc(SCC(=O)Nc2nc3cc4c(cc3s2)OCCO4)n1C. The number of hydrogen-bond donors (Lipinski definition) is 1. The van der Waals surface area contributed by atoms with Gasteiger partial charge in [-0.25, -0.2) is 4.98 Å². The van der Waals surface area contributed by atoms with E-state index >= 15 is 0 Å². The summed E-state index contributed by atoms with van der Waals surface area (Å²) in [5, 5.41) is 12.4. The van der Waals surface area contributed by atoms with E-state index in [-0.39, 0.29) is 11.7 Å². The summed E-state index contributed by atoms with van der Waals surface area (Å²) in [6.07, 6.45) is 1.62. The third-order valence-electron chi connectivity index (χ3n) is 4.57. The summed E-state index contributed by atoms with van der Waals surface area (Å²) in [6.45, 7) is 2.92. The number of thiazole rings is 1. The molecule has 0 unspecified atom stereocenters. The first-order valence-electron chi connectivity index (χ1n) is 9.15. The zero-order chi connectivity index (χ0) is 20.7. The van der Waals surface area contributed by atoms with Gasteiger partial charge in [0.25, 0.3) is 0 Å². The second kappa shape index (κ2) is 7.65. The molecule has 1 aliphatic rings. The number of aromatic nitrogens is 4. The fraction of sp³-hybridized carbons (Fsp3) is 0.263. The number of nitrogens with one attached hydrogen (secondary N) is 1. The van der Waals surface area contributed by atoms with Crippen molar-refractivity contribution in [1.82, 2.24) is 19.7 Å². The summed E-state index contributed by atoms with van der Waals surface area (Å²) in [4.78, 5) is 16.9.